The molecule has 0 aliphatic rings. The van der Waals surface area contributed by atoms with E-state index < -0.39 is 0 Å². The van der Waals surface area contributed by atoms with Crippen LogP contribution >= 0.6 is 0 Å². The van der Waals surface area contributed by atoms with Gasteiger partial charge in [-0.2, -0.15) is 0 Å². The van der Waals surface area contributed by atoms with Crippen LogP contribution in [0.2, 0.25) is 0 Å². The lowest BCUT2D eigenvalue weighted by atomic mass is 10.5. The zero-order valence-corrected chi connectivity index (χ0v) is 4.42. The maximum atomic E-state index is 5.03. The van der Waals surface area contributed by atoms with E-state index >= 15 is 0 Å². The molecule has 5 heteroatoms. The standard InChI is InChI=1S/C3H10N4O/c4-1-3(7-5)2-8-6/h1,7H,2,4-6H2/b3-1-. The van der Waals surface area contributed by atoms with Crippen LogP contribution in [0.15, 0.2) is 11.9 Å². The van der Waals surface area contributed by atoms with Crippen LogP contribution in [0, 0.1) is 0 Å². The number of nitrogens with one attached hydrogen (secondary N) is 1. The molecule has 0 amide bonds. The summed E-state index contributed by atoms with van der Waals surface area (Å²) in [6, 6.07) is 0. The molecule has 0 saturated heterocycles. The minimum absolute atomic E-state index is 0.201. The highest BCUT2D eigenvalue weighted by atomic mass is 16.6. The molecule has 0 aliphatic heterocycles. The highest BCUT2D eigenvalue weighted by Gasteiger charge is 1.87. The largest absolute Gasteiger partial charge is 0.403 e. The van der Waals surface area contributed by atoms with Gasteiger partial charge in [0, 0.05) is 6.20 Å². The van der Waals surface area contributed by atoms with Gasteiger partial charge in [0.2, 0.25) is 0 Å². The highest BCUT2D eigenvalue weighted by molar-refractivity contribution is 4.94. The smallest absolute Gasteiger partial charge is 0.110 e. The van der Waals surface area contributed by atoms with Gasteiger partial charge in [-0.25, -0.2) is 5.90 Å². The summed E-state index contributed by atoms with van der Waals surface area (Å²) in [7, 11) is 0. The average Bonchev–Trinajstić information content (AvgIpc) is 1.83. The molecule has 0 aliphatic carbocycles. The molecule has 7 N–H and O–H groups in total. The van der Waals surface area contributed by atoms with Gasteiger partial charge in [0.1, 0.15) is 6.61 Å². The Bertz CT molecular complexity index is 81.4. The van der Waals surface area contributed by atoms with Crippen molar-refractivity contribution in [3.8, 4) is 0 Å². The summed E-state index contributed by atoms with van der Waals surface area (Å²) < 4.78 is 0. The molecule has 0 aromatic carbocycles. The van der Waals surface area contributed by atoms with Gasteiger partial charge in [-0.3, -0.25) is 10.7 Å². The Morgan fingerprint density at radius 3 is 2.50 bits per heavy atom. The van der Waals surface area contributed by atoms with E-state index in [-0.39, 0.29) is 6.61 Å². The van der Waals surface area contributed by atoms with Crippen LogP contribution in [-0.4, -0.2) is 6.61 Å². The summed E-state index contributed by atoms with van der Waals surface area (Å²) in [6.45, 7) is 0.201. The summed E-state index contributed by atoms with van der Waals surface area (Å²) in [6.07, 6.45) is 1.28. The second-order valence-corrected chi connectivity index (χ2v) is 1.15. The molecule has 0 atom stereocenters. The maximum Gasteiger partial charge on any atom is 0.110 e. The lowest BCUT2D eigenvalue weighted by molar-refractivity contribution is 0.157. The molecule has 0 fully saturated rings. The van der Waals surface area contributed by atoms with Crippen LogP contribution < -0.4 is 22.9 Å². The van der Waals surface area contributed by atoms with Crippen LogP contribution in [0.1, 0.15) is 0 Å². The van der Waals surface area contributed by atoms with Crippen LogP contribution in [-0.2, 0) is 4.84 Å². The van der Waals surface area contributed by atoms with E-state index in [1.807, 2.05) is 0 Å². The number of rotatable bonds is 3. The normalized spacial score (nSPS) is 11.5. The van der Waals surface area contributed by atoms with Crippen molar-refractivity contribution in [2.24, 2.45) is 17.5 Å². The predicted octanol–water partition coefficient (Wildman–Crippen LogP) is -1.86. The average molecular weight is 118 g/mol. The first-order chi connectivity index (χ1) is 3.85. The molecule has 0 bridgehead atoms. The molecule has 48 valence electrons. The number of hydrogen-bond acceptors (Lipinski definition) is 5. The molecule has 0 rings (SSSR count). The van der Waals surface area contributed by atoms with Gasteiger partial charge in [-0.1, -0.05) is 0 Å². The first-order valence-electron chi connectivity index (χ1n) is 2.04. The van der Waals surface area contributed by atoms with Crippen molar-refractivity contribution in [2.45, 2.75) is 0 Å². The molecule has 0 aromatic heterocycles. The number of nitrogens with two attached hydrogens (primary N) is 3. The van der Waals surface area contributed by atoms with Gasteiger partial charge in [-0.05, 0) is 0 Å². The molecule has 0 heterocycles. The molecular formula is C3H10N4O. The highest BCUT2D eigenvalue weighted by Crippen LogP contribution is 1.78. The van der Waals surface area contributed by atoms with E-state index in [0.717, 1.165) is 0 Å². The third kappa shape index (κ3) is 2.40. The van der Waals surface area contributed by atoms with Gasteiger partial charge < -0.3 is 11.2 Å². The lowest BCUT2D eigenvalue weighted by Crippen LogP contribution is -2.26. The molecule has 8 heavy (non-hydrogen) atoms. The summed E-state index contributed by atoms with van der Waals surface area (Å²) in [5, 5.41) is 0. The Balaban J connectivity index is 3.38. The fraction of sp³-hybridized carbons (Fsp3) is 0.333. The van der Waals surface area contributed by atoms with Crippen LogP contribution in [0.5, 0.6) is 0 Å². The molecule has 0 aromatic rings. The van der Waals surface area contributed by atoms with Gasteiger partial charge in [0.05, 0.1) is 5.70 Å². The van der Waals surface area contributed by atoms with Crippen molar-refractivity contribution in [3.05, 3.63) is 11.9 Å². The van der Waals surface area contributed by atoms with Crippen molar-refractivity contribution in [2.75, 3.05) is 6.61 Å². The van der Waals surface area contributed by atoms with Gasteiger partial charge in [0.25, 0.3) is 0 Å². The Hall–Kier alpha value is -0.780. The maximum absolute atomic E-state index is 5.03. The van der Waals surface area contributed by atoms with E-state index in [1.165, 1.54) is 6.20 Å². The van der Waals surface area contributed by atoms with Crippen molar-refractivity contribution in [3.63, 3.8) is 0 Å². The fourth-order valence-electron chi connectivity index (χ4n) is 0.228. The second kappa shape index (κ2) is 4.38. The zero-order chi connectivity index (χ0) is 6.41. The Morgan fingerprint density at radius 1 is 1.75 bits per heavy atom. The van der Waals surface area contributed by atoms with Crippen molar-refractivity contribution < 1.29 is 4.84 Å². The first-order valence-corrected chi connectivity index (χ1v) is 2.04. The van der Waals surface area contributed by atoms with E-state index in [1.54, 1.807) is 0 Å². The van der Waals surface area contributed by atoms with E-state index in [9.17, 15) is 0 Å². The number of hydrogen-bond donors (Lipinski definition) is 4. The summed E-state index contributed by atoms with van der Waals surface area (Å²) >= 11 is 0. The summed E-state index contributed by atoms with van der Waals surface area (Å²) in [5.74, 6) is 9.62. The number of hydrazine groups is 1. The van der Waals surface area contributed by atoms with E-state index in [0.29, 0.717) is 5.70 Å². The molecule has 0 radical (unpaired) electrons. The summed E-state index contributed by atoms with van der Waals surface area (Å²) in [5.41, 5.74) is 7.86. The van der Waals surface area contributed by atoms with E-state index in [4.69, 9.17) is 11.6 Å². The Labute approximate surface area is 47.4 Å². The van der Waals surface area contributed by atoms with Gasteiger partial charge in [-0.15, -0.1) is 0 Å². The fourth-order valence-corrected chi connectivity index (χ4v) is 0.228. The van der Waals surface area contributed by atoms with E-state index in [2.05, 4.69) is 16.2 Å². The Morgan fingerprint density at radius 2 is 2.38 bits per heavy atom. The predicted molar refractivity (Wildman–Crippen MR) is 29.7 cm³/mol. The van der Waals surface area contributed by atoms with Crippen molar-refractivity contribution >= 4 is 0 Å². The summed E-state index contributed by atoms with van der Waals surface area (Å²) in [4.78, 5) is 4.19. The minimum atomic E-state index is 0.201. The lowest BCUT2D eigenvalue weighted by Gasteiger charge is -2.00. The molecule has 0 spiro atoms. The monoisotopic (exact) mass is 118 g/mol. The molecule has 0 unspecified atom stereocenters. The third-order valence-electron chi connectivity index (χ3n) is 0.625. The van der Waals surface area contributed by atoms with Crippen molar-refractivity contribution in [1.82, 2.24) is 5.43 Å². The molecule has 0 saturated carbocycles. The first kappa shape index (κ1) is 7.22. The van der Waals surface area contributed by atoms with Crippen molar-refractivity contribution in [1.29, 1.82) is 0 Å². The topological polar surface area (TPSA) is 99.3 Å². The van der Waals surface area contributed by atoms with Gasteiger partial charge in [0.15, 0.2) is 0 Å². The third-order valence-corrected chi connectivity index (χ3v) is 0.625. The van der Waals surface area contributed by atoms with Crippen LogP contribution in [0.25, 0.3) is 0 Å². The molecule has 5 nitrogen and oxygen atoms in total. The molecular weight excluding hydrogens is 108 g/mol. The Kier molecular flexibility index (Phi) is 3.95. The second-order valence-electron chi connectivity index (χ2n) is 1.15. The van der Waals surface area contributed by atoms with Crippen LogP contribution in [0.3, 0.4) is 0 Å². The quantitative estimate of drug-likeness (QED) is 0.257. The van der Waals surface area contributed by atoms with Gasteiger partial charge >= 0.3 is 0 Å². The SMILES string of the molecule is N/C=C(/CON)NN. The zero-order valence-electron chi connectivity index (χ0n) is 4.42. The van der Waals surface area contributed by atoms with Crippen LogP contribution in [0.4, 0.5) is 0 Å². The minimum Gasteiger partial charge on any atom is -0.403 e.